The molecule has 0 aliphatic carbocycles. The van der Waals surface area contributed by atoms with E-state index in [0.717, 1.165) is 12.2 Å². The van der Waals surface area contributed by atoms with Crippen LogP contribution in [0.1, 0.15) is 26.3 Å². The lowest BCUT2D eigenvalue weighted by molar-refractivity contribution is -0.121. The predicted molar refractivity (Wildman–Crippen MR) is 116 cm³/mol. The van der Waals surface area contributed by atoms with Gasteiger partial charge in [-0.3, -0.25) is 14.5 Å². The van der Waals surface area contributed by atoms with Crippen LogP contribution in [0.2, 0.25) is 0 Å². The SMILES string of the molecule is CCN(Cc1ccc(N(C)C)cc1)[C@@H](C)C(=O)Nc1ccc(NC(C)=O)cc1. The van der Waals surface area contributed by atoms with Crippen LogP contribution >= 0.6 is 0 Å². The molecular weight excluding hydrogens is 352 g/mol. The Morgan fingerprint density at radius 2 is 1.46 bits per heavy atom. The summed E-state index contributed by atoms with van der Waals surface area (Å²) < 4.78 is 0. The molecule has 0 saturated carbocycles. The van der Waals surface area contributed by atoms with Crippen molar-refractivity contribution in [1.82, 2.24) is 4.90 Å². The van der Waals surface area contributed by atoms with Gasteiger partial charge in [-0.25, -0.2) is 0 Å². The number of rotatable bonds is 8. The molecule has 0 aliphatic heterocycles. The van der Waals surface area contributed by atoms with Crippen molar-refractivity contribution < 1.29 is 9.59 Å². The average Bonchev–Trinajstić information content (AvgIpc) is 2.67. The summed E-state index contributed by atoms with van der Waals surface area (Å²) in [6.07, 6.45) is 0. The summed E-state index contributed by atoms with van der Waals surface area (Å²) in [5.41, 5.74) is 3.74. The molecule has 2 rings (SSSR count). The van der Waals surface area contributed by atoms with Gasteiger partial charge >= 0.3 is 0 Å². The van der Waals surface area contributed by atoms with Crippen LogP contribution in [-0.2, 0) is 16.1 Å². The van der Waals surface area contributed by atoms with Crippen LogP contribution in [-0.4, -0.2) is 43.4 Å². The van der Waals surface area contributed by atoms with E-state index in [0.29, 0.717) is 17.9 Å². The highest BCUT2D eigenvalue weighted by molar-refractivity contribution is 5.95. The summed E-state index contributed by atoms with van der Waals surface area (Å²) in [6, 6.07) is 15.2. The predicted octanol–water partition coefficient (Wildman–Crippen LogP) is 3.56. The fraction of sp³-hybridized carbons (Fsp3) is 0.364. The van der Waals surface area contributed by atoms with E-state index in [2.05, 4.69) is 51.6 Å². The summed E-state index contributed by atoms with van der Waals surface area (Å²) in [4.78, 5) is 28.0. The Labute approximate surface area is 167 Å². The second-order valence-electron chi connectivity index (χ2n) is 7.05. The Kier molecular flexibility index (Phi) is 7.58. The number of carbonyl (C=O) groups excluding carboxylic acids is 2. The van der Waals surface area contributed by atoms with Gasteiger partial charge < -0.3 is 15.5 Å². The molecule has 0 fully saturated rings. The third-order valence-electron chi connectivity index (χ3n) is 4.64. The first kappa shape index (κ1) is 21.4. The van der Waals surface area contributed by atoms with Crippen molar-refractivity contribution in [3.05, 3.63) is 54.1 Å². The van der Waals surface area contributed by atoms with Gasteiger partial charge in [-0.15, -0.1) is 0 Å². The minimum absolute atomic E-state index is 0.0564. The summed E-state index contributed by atoms with van der Waals surface area (Å²) >= 11 is 0. The average molecular weight is 383 g/mol. The molecule has 6 heteroatoms. The normalized spacial score (nSPS) is 11.8. The smallest absolute Gasteiger partial charge is 0.241 e. The number of hydrogen-bond donors (Lipinski definition) is 2. The first-order valence-electron chi connectivity index (χ1n) is 9.49. The van der Waals surface area contributed by atoms with Crippen LogP contribution in [0.5, 0.6) is 0 Å². The number of benzene rings is 2. The van der Waals surface area contributed by atoms with E-state index in [9.17, 15) is 9.59 Å². The van der Waals surface area contributed by atoms with Crippen LogP contribution in [0, 0.1) is 0 Å². The number of nitrogens with zero attached hydrogens (tertiary/aromatic N) is 2. The van der Waals surface area contributed by atoms with Crippen molar-refractivity contribution in [3.63, 3.8) is 0 Å². The first-order chi connectivity index (χ1) is 13.3. The Morgan fingerprint density at radius 3 is 1.93 bits per heavy atom. The molecule has 0 heterocycles. The lowest BCUT2D eigenvalue weighted by Crippen LogP contribution is -2.41. The van der Waals surface area contributed by atoms with Gasteiger partial charge in [-0.1, -0.05) is 19.1 Å². The molecule has 6 nitrogen and oxygen atoms in total. The maximum absolute atomic E-state index is 12.7. The van der Waals surface area contributed by atoms with E-state index in [1.54, 1.807) is 24.3 Å². The standard InChI is InChI=1S/C22H30N4O2/c1-6-26(15-18-7-13-21(14-8-18)25(4)5)16(2)22(28)24-20-11-9-19(10-12-20)23-17(3)27/h7-14,16H,6,15H2,1-5H3,(H,23,27)(H,24,28)/t16-/m0/s1. The number of nitrogens with one attached hydrogen (secondary N) is 2. The fourth-order valence-electron chi connectivity index (χ4n) is 2.91. The lowest BCUT2D eigenvalue weighted by atomic mass is 10.1. The quantitative estimate of drug-likeness (QED) is 0.733. The summed E-state index contributed by atoms with van der Waals surface area (Å²) in [5.74, 6) is -0.179. The highest BCUT2D eigenvalue weighted by Crippen LogP contribution is 2.17. The summed E-state index contributed by atoms with van der Waals surface area (Å²) in [7, 11) is 4.03. The fourth-order valence-corrected chi connectivity index (χ4v) is 2.91. The molecule has 150 valence electrons. The molecule has 0 unspecified atom stereocenters. The van der Waals surface area contributed by atoms with E-state index in [1.807, 2.05) is 21.0 Å². The molecule has 2 aromatic carbocycles. The monoisotopic (exact) mass is 382 g/mol. The van der Waals surface area contributed by atoms with Crippen molar-refractivity contribution >= 4 is 28.9 Å². The van der Waals surface area contributed by atoms with Gasteiger partial charge in [0.15, 0.2) is 0 Å². The molecule has 2 aromatic rings. The number of amides is 2. The molecule has 1 atom stereocenters. The van der Waals surface area contributed by atoms with Crippen LogP contribution < -0.4 is 15.5 Å². The van der Waals surface area contributed by atoms with E-state index in [4.69, 9.17) is 0 Å². The summed E-state index contributed by atoms with van der Waals surface area (Å²) in [5, 5.41) is 5.66. The van der Waals surface area contributed by atoms with Crippen LogP contribution in [0.4, 0.5) is 17.1 Å². The van der Waals surface area contributed by atoms with Gasteiger partial charge in [0.2, 0.25) is 11.8 Å². The van der Waals surface area contributed by atoms with Crippen molar-refractivity contribution in [2.24, 2.45) is 0 Å². The van der Waals surface area contributed by atoms with Crippen molar-refractivity contribution in [2.75, 3.05) is 36.2 Å². The Bertz CT molecular complexity index is 785. The first-order valence-corrected chi connectivity index (χ1v) is 9.49. The number of anilines is 3. The topological polar surface area (TPSA) is 64.7 Å². The molecule has 0 saturated heterocycles. The Balaban J connectivity index is 1.98. The van der Waals surface area contributed by atoms with Crippen molar-refractivity contribution in [3.8, 4) is 0 Å². The van der Waals surface area contributed by atoms with E-state index >= 15 is 0 Å². The molecule has 0 radical (unpaired) electrons. The minimum Gasteiger partial charge on any atom is -0.378 e. The maximum Gasteiger partial charge on any atom is 0.241 e. The van der Waals surface area contributed by atoms with Gasteiger partial charge in [0.25, 0.3) is 0 Å². The molecule has 0 aliphatic rings. The van der Waals surface area contributed by atoms with Gasteiger partial charge in [0.1, 0.15) is 0 Å². The summed E-state index contributed by atoms with van der Waals surface area (Å²) in [6.45, 7) is 6.91. The molecular formula is C22H30N4O2. The van der Waals surface area contributed by atoms with Crippen molar-refractivity contribution in [2.45, 2.75) is 33.4 Å². The van der Waals surface area contributed by atoms with E-state index in [1.165, 1.54) is 12.5 Å². The zero-order chi connectivity index (χ0) is 20.7. The van der Waals surface area contributed by atoms with E-state index in [-0.39, 0.29) is 17.9 Å². The highest BCUT2D eigenvalue weighted by Gasteiger charge is 2.20. The molecule has 0 bridgehead atoms. The second kappa shape index (κ2) is 9.90. The van der Waals surface area contributed by atoms with E-state index < -0.39 is 0 Å². The molecule has 2 amide bonds. The van der Waals surface area contributed by atoms with Crippen LogP contribution in [0.25, 0.3) is 0 Å². The minimum atomic E-state index is -0.270. The second-order valence-corrected chi connectivity index (χ2v) is 7.05. The third-order valence-corrected chi connectivity index (χ3v) is 4.64. The lowest BCUT2D eigenvalue weighted by Gasteiger charge is -2.27. The van der Waals surface area contributed by atoms with Crippen molar-refractivity contribution in [1.29, 1.82) is 0 Å². The third kappa shape index (κ3) is 6.09. The zero-order valence-corrected chi connectivity index (χ0v) is 17.3. The number of carbonyl (C=O) groups is 2. The zero-order valence-electron chi connectivity index (χ0n) is 17.3. The molecule has 28 heavy (non-hydrogen) atoms. The van der Waals surface area contributed by atoms with Gasteiger partial charge in [-0.05, 0) is 55.4 Å². The molecule has 0 aromatic heterocycles. The van der Waals surface area contributed by atoms with Crippen LogP contribution in [0.15, 0.2) is 48.5 Å². The number of likely N-dealkylation sites (N-methyl/N-ethyl adjacent to an activating group) is 1. The largest absolute Gasteiger partial charge is 0.378 e. The Morgan fingerprint density at radius 1 is 0.929 bits per heavy atom. The number of hydrogen-bond acceptors (Lipinski definition) is 4. The maximum atomic E-state index is 12.7. The molecule has 0 spiro atoms. The Hall–Kier alpha value is -2.86. The van der Waals surface area contributed by atoms with Gasteiger partial charge in [-0.2, -0.15) is 0 Å². The highest BCUT2D eigenvalue weighted by atomic mass is 16.2. The molecule has 2 N–H and O–H groups in total. The van der Waals surface area contributed by atoms with Gasteiger partial charge in [0, 0.05) is 44.6 Å². The van der Waals surface area contributed by atoms with Gasteiger partial charge in [0.05, 0.1) is 6.04 Å². The van der Waals surface area contributed by atoms with Crippen LogP contribution in [0.3, 0.4) is 0 Å².